The molecule has 0 saturated heterocycles. The van der Waals surface area contributed by atoms with E-state index in [1.165, 1.54) is 0 Å². The molecule has 0 aromatic carbocycles. The largest absolute Gasteiger partial charge is 0.335 e. The van der Waals surface area contributed by atoms with Crippen LogP contribution in [-0.2, 0) is 0 Å². The lowest BCUT2D eigenvalue weighted by Gasteiger charge is -2.45. The number of carbonyl (C=O) groups is 1. The highest BCUT2D eigenvalue weighted by Gasteiger charge is 2.46. The van der Waals surface area contributed by atoms with Crippen molar-refractivity contribution in [2.45, 2.75) is 57.5 Å². The Bertz CT molecular complexity index is 296. The van der Waals surface area contributed by atoms with Crippen molar-refractivity contribution in [3.63, 3.8) is 0 Å². The van der Waals surface area contributed by atoms with E-state index in [0.29, 0.717) is 0 Å². The monoisotopic (exact) mass is 232 g/mol. The zero-order valence-electron chi connectivity index (χ0n) is 9.65. The minimum atomic E-state index is -2.58. The zero-order chi connectivity index (χ0) is 12.0. The molecule has 0 aliphatic heterocycles. The van der Waals surface area contributed by atoms with Gasteiger partial charge in [-0.15, -0.1) is 0 Å². The van der Waals surface area contributed by atoms with Crippen LogP contribution in [0.25, 0.3) is 0 Å². The second-order valence-electron chi connectivity index (χ2n) is 5.66. The van der Waals surface area contributed by atoms with Gasteiger partial charge in [0.15, 0.2) is 0 Å². The summed E-state index contributed by atoms with van der Waals surface area (Å²) >= 11 is 0. The molecule has 1 unspecified atom stereocenters. The summed E-state index contributed by atoms with van der Waals surface area (Å²) in [4.78, 5) is 11.5. The number of alkyl halides is 2. The first-order valence-electron chi connectivity index (χ1n) is 5.73. The van der Waals surface area contributed by atoms with Gasteiger partial charge >= 0.3 is 6.03 Å². The van der Waals surface area contributed by atoms with Gasteiger partial charge < -0.3 is 10.6 Å². The second kappa shape index (κ2) is 3.57. The molecule has 0 heterocycles. The minimum absolute atomic E-state index is 0.140. The number of urea groups is 1. The number of rotatable bonds is 2. The minimum Gasteiger partial charge on any atom is -0.335 e. The molecule has 3 nitrogen and oxygen atoms in total. The summed E-state index contributed by atoms with van der Waals surface area (Å²) in [7, 11) is 0. The molecule has 16 heavy (non-hydrogen) atoms. The van der Waals surface area contributed by atoms with Crippen molar-refractivity contribution in [2.24, 2.45) is 5.41 Å². The lowest BCUT2D eigenvalue weighted by molar-refractivity contribution is -0.0898. The Morgan fingerprint density at radius 1 is 1.25 bits per heavy atom. The van der Waals surface area contributed by atoms with Gasteiger partial charge in [0.25, 0.3) is 5.92 Å². The van der Waals surface area contributed by atoms with E-state index in [2.05, 4.69) is 24.5 Å². The van der Waals surface area contributed by atoms with E-state index in [4.69, 9.17) is 0 Å². The van der Waals surface area contributed by atoms with Crippen molar-refractivity contribution < 1.29 is 13.6 Å². The van der Waals surface area contributed by atoms with E-state index in [0.717, 1.165) is 12.8 Å². The van der Waals surface area contributed by atoms with Crippen LogP contribution in [0.4, 0.5) is 13.6 Å². The van der Waals surface area contributed by atoms with Gasteiger partial charge in [0.1, 0.15) is 0 Å². The number of nitrogens with one attached hydrogen (secondary N) is 2. The Kier molecular flexibility index (Phi) is 2.59. The van der Waals surface area contributed by atoms with Gasteiger partial charge in [0.05, 0.1) is 0 Å². The van der Waals surface area contributed by atoms with E-state index >= 15 is 0 Å². The smallest absolute Gasteiger partial charge is 0.315 e. The molecule has 1 atom stereocenters. The van der Waals surface area contributed by atoms with E-state index < -0.39 is 5.92 Å². The summed E-state index contributed by atoms with van der Waals surface area (Å²) in [5, 5.41) is 5.42. The molecule has 2 saturated carbocycles. The predicted octanol–water partition coefficient (Wildman–Crippen LogP) is 2.27. The van der Waals surface area contributed by atoms with Crippen LogP contribution in [0.1, 0.15) is 39.5 Å². The van der Waals surface area contributed by atoms with Crippen LogP contribution in [0.5, 0.6) is 0 Å². The second-order valence-corrected chi connectivity index (χ2v) is 5.66. The molecule has 0 bridgehead atoms. The van der Waals surface area contributed by atoms with Gasteiger partial charge in [-0.05, 0) is 18.3 Å². The number of carbonyl (C=O) groups excluding carboxylic acids is 1. The van der Waals surface area contributed by atoms with Crippen LogP contribution in [0, 0.1) is 5.41 Å². The average molecular weight is 232 g/mol. The number of hydrogen-bond acceptors (Lipinski definition) is 1. The molecule has 2 N–H and O–H groups in total. The molecular formula is C11H18F2N2O. The van der Waals surface area contributed by atoms with Gasteiger partial charge in [0, 0.05) is 24.9 Å². The molecule has 0 aromatic heterocycles. The Balaban J connectivity index is 1.70. The van der Waals surface area contributed by atoms with E-state index in [1.54, 1.807) is 0 Å². The molecule has 2 aliphatic carbocycles. The van der Waals surface area contributed by atoms with Crippen molar-refractivity contribution in [3.05, 3.63) is 0 Å². The first-order valence-corrected chi connectivity index (χ1v) is 5.73. The van der Waals surface area contributed by atoms with Crippen LogP contribution in [0.2, 0.25) is 0 Å². The van der Waals surface area contributed by atoms with Gasteiger partial charge in [-0.1, -0.05) is 13.8 Å². The first kappa shape index (κ1) is 11.6. The summed E-state index contributed by atoms with van der Waals surface area (Å²) in [6.07, 6.45) is 1.61. The lowest BCUT2D eigenvalue weighted by Crippen LogP contribution is -2.58. The van der Waals surface area contributed by atoms with Crippen LogP contribution in [0.3, 0.4) is 0 Å². The van der Waals surface area contributed by atoms with E-state index in [-0.39, 0.29) is 36.4 Å². The van der Waals surface area contributed by atoms with Gasteiger partial charge in [0.2, 0.25) is 0 Å². The summed E-state index contributed by atoms with van der Waals surface area (Å²) in [5.41, 5.74) is 0.140. The Morgan fingerprint density at radius 3 is 2.25 bits per heavy atom. The third-order valence-electron chi connectivity index (χ3n) is 3.75. The summed E-state index contributed by atoms with van der Waals surface area (Å²) in [5.74, 6) is -2.58. The van der Waals surface area contributed by atoms with Crippen molar-refractivity contribution in [1.29, 1.82) is 0 Å². The van der Waals surface area contributed by atoms with Crippen molar-refractivity contribution in [2.75, 3.05) is 0 Å². The molecule has 0 aromatic rings. The van der Waals surface area contributed by atoms with Gasteiger partial charge in [-0.2, -0.15) is 0 Å². The summed E-state index contributed by atoms with van der Waals surface area (Å²) in [6.45, 7) is 4.19. The zero-order valence-corrected chi connectivity index (χ0v) is 9.65. The number of hydrogen-bond donors (Lipinski definition) is 2. The highest BCUT2D eigenvalue weighted by atomic mass is 19.3. The maximum Gasteiger partial charge on any atom is 0.315 e. The fourth-order valence-corrected chi connectivity index (χ4v) is 2.28. The standard InChI is InChI=1S/C11H18F2N2O/c1-10(2)4-3-8(10)15-9(16)14-7-5-11(12,13)6-7/h7-8H,3-6H2,1-2H3,(H2,14,15,16). The molecule has 2 amide bonds. The normalized spacial score (nSPS) is 31.1. The molecule has 2 fully saturated rings. The van der Waals surface area contributed by atoms with Crippen molar-refractivity contribution >= 4 is 6.03 Å². The van der Waals surface area contributed by atoms with Crippen molar-refractivity contribution in [3.8, 4) is 0 Å². The molecule has 92 valence electrons. The molecule has 2 aliphatic rings. The fourth-order valence-electron chi connectivity index (χ4n) is 2.28. The lowest BCUT2D eigenvalue weighted by atomic mass is 9.67. The van der Waals surface area contributed by atoms with Gasteiger partial charge in [-0.25, -0.2) is 13.6 Å². The maximum atomic E-state index is 12.5. The maximum absolute atomic E-state index is 12.5. The highest BCUT2D eigenvalue weighted by molar-refractivity contribution is 5.75. The predicted molar refractivity (Wildman–Crippen MR) is 56.4 cm³/mol. The quantitative estimate of drug-likeness (QED) is 0.753. The number of amides is 2. The van der Waals surface area contributed by atoms with Crippen LogP contribution >= 0.6 is 0 Å². The van der Waals surface area contributed by atoms with E-state index in [1.807, 2.05) is 0 Å². The Labute approximate surface area is 94.0 Å². The number of halogens is 2. The molecular weight excluding hydrogens is 214 g/mol. The van der Waals surface area contributed by atoms with E-state index in [9.17, 15) is 13.6 Å². The average Bonchev–Trinajstić information content (AvgIpc) is 2.10. The molecule has 0 radical (unpaired) electrons. The molecule has 5 heteroatoms. The highest BCUT2D eigenvalue weighted by Crippen LogP contribution is 2.40. The SMILES string of the molecule is CC1(C)CCC1NC(=O)NC1CC(F)(F)C1. The molecule has 2 rings (SSSR count). The van der Waals surface area contributed by atoms with Crippen molar-refractivity contribution in [1.82, 2.24) is 10.6 Å². The Hall–Kier alpha value is -0.870. The van der Waals surface area contributed by atoms with Crippen LogP contribution < -0.4 is 10.6 Å². The van der Waals surface area contributed by atoms with Gasteiger partial charge in [-0.3, -0.25) is 0 Å². The third kappa shape index (κ3) is 2.28. The molecule has 0 spiro atoms. The Morgan fingerprint density at radius 2 is 1.88 bits per heavy atom. The van der Waals surface area contributed by atoms with Crippen LogP contribution in [0.15, 0.2) is 0 Å². The summed E-state index contributed by atoms with van der Waals surface area (Å²) in [6, 6.07) is -0.496. The van der Waals surface area contributed by atoms with Crippen LogP contribution in [-0.4, -0.2) is 24.0 Å². The summed E-state index contributed by atoms with van der Waals surface area (Å²) < 4.78 is 25.1. The third-order valence-corrected chi connectivity index (χ3v) is 3.75. The fraction of sp³-hybridized carbons (Fsp3) is 0.909. The first-order chi connectivity index (χ1) is 7.28. The topological polar surface area (TPSA) is 41.1 Å².